The van der Waals surface area contributed by atoms with Crippen LogP contribution in [0.25, 0.3) is 27.8 Å². The highest BCUT2D eigenvalue weighted by Crippen LogP contribution is 2.51. The van der Waals surface area contributed by atoms with E-state index in [4.69, 9.17) is 4.98 Å². The van der Waals surface area contributed by atoms with Crippen LogP contribution in [-0.2, 0) is 0 Å². The molecule has 6 nitrogen and oxygen atoms in total. The van der Waals surface area contributed by atoms with E-state index in [-0.39, 0.29) is 6.17 Å². The van der Waals surface area contributed by atoms with Crippen LogP contribution in [0.1, 0.15) is 23.1 Å². The van der Waals surface area contributed by atoms with Crippen LogP contribution in [0.15, 0.2) is 84.9 Å². The Kier molecular flexibility index (Phi) is 3.65. The molecule has 0 saturated heterocycles. The summed E-state index contributed by atoms with van der Waals surface area (Å²) in [6.45, 7) is 0. The van der Waals surface area contributed by atoms with Crippen molar-refractivity contribution in [3.63, 3.8) is 0 Å². The van der Waals surface area contributed by atoms with E-state index in [9.17, 15) is 10.5 Å². The molecule has 1 N–H and O–H groups in total. The van der Waals surface area contributed by atoms with Crippen molar-refractivity contribution in [2.45, 2.75) is 6.17 Å². The average Bonchev–Trinajstić information content (AvgIpc) is 3.45. The Morgan fingerprint density at radius 1 is 0.735 bits per heavy atom. The molecule has 5 aromatic rings. The highest BCUT2D eigenvalue weighted by molar-refractivity contribution is 5.95. The molecular formula is C28H16N6. The van der Waals surface area contributed by atoms with Crippen LogP contribution in [0.3, 0.4) is 0 Å². The second kappa shape index (κ2) is 6.71. The molecule has 1 atom stereocenters. The molecule has 0 bridgehead atoms. The second-order valence-electron chi connectivity index (χ2n) is 8.42. The van der Waals surface area contributed by atoms with Gasteiger partial charge in [-0.1, -0.05) is 36.4 Å². The fourth-order valence-corrected chi connectivity index (χ4v) is 5.13. The predicted octanol–water partition coefficient (Wildman–Crippen LogP) is 6.01. The van der Waals surface area contributed by atoms with E-state index in [2.05, 4.69) is 45.1 Å². The van der Waals surface area contributed by atoms with Gasteiger partial charge in [0.05, 0.1) is 57.0 Å². The Balaban J connectivity index is 1.67. The summed E-state index contributed by atoms with van der Waals surface area (Å²) in [5.41, 5.74) is 8.84. The number of benzene rings is 4. The zero-order chi connectivity index (χ0) is 22.8. The number of anilines is 3. The van der Waals surface area contributed by atoms with Gasteiger partial charge in [-0.3, -0.25) is 4.57 Å². The molecule has 2 aliphatic heterocycles. The van der Waals surface area contributed by atoms with E-state index >= 15 is 0 Å². The van der Waals surface area contributed by atoms with Crippen molar-refractivity contribution in [3.05, 3.63) is 102 Å². The molecule has 7 rings (SSSR count). The number of para-hydroxylation sites is 4. The standard InChI is InChI=1S/C28H16N6/c29-15-17-9-11-19-20-12-10-18(16-30)14-26(20)34-24-8-4-2-6-22(24)32-28(34)27-31-21-5-1-3-7-23(21)33(27)25(19)13-17/h1-14,27,31H. The number of fused-ring (bicyclic) bond motifs is 12. The first kappa shape index (κ1) is 18.5. The zero-order valence-electron chi connectivity index (χ0n) is 17.9. The number of nitriles is 2. The van der Waals surface area contributed by atoms with E-state index in [1.807, 2.05) is 66.7 Å². The molecule has 1 aromatic heterocycles. The third kappa shape index (κ3) is 2.40. The third-order valence-electron chi connectivity index (χ3n) is 6.59. The summed E-state index contributed by atoms with van der Waals surface area (Å²) in [5.74, 6) is 0.821. The van der Waals surface area contributed by atoms with Crippen LogP contribution < -0.4 is 10.2 Å². The number of nitrogens with zero attached hydrogens (tertiary/aromatic N) is 5. The summed E-state index contributed by atoms with van der Waals surface area (Å²) < 4.78 is 2.16. The Hall–Kier alpha value is -5.07. The molecule has 2 aliphatic rings. The lowest BCUT2D eigenvalue weighted by Crippen LogP contribution is -2.28. The first-order valence-corrected chi connectivity index (χ1v) is 11.0. The van der Waals surface area contributed by atoms with Crippen LogP contribution in [0.4, 0.5) is 17.1 Å². The van der Waals surface area contributed by atoms with Gasteiger partial charge in [-0.25, -0.2) is 4.98 Å². The molecule has 0 aliphatic carbocycles. The van der Waals surface area contributed by atoms with Gasteiger partial charge in [0, 0.05) is 11.1 Å². The van der Waals surface area contributed by atoms with Gasteiger partial charge in [-0.15, -0.1) is 0 Å². The van der Waals surface area contributed by atoms with Crippen molar-refractivity contribution >= 4 is 28.1 Å². The molecular weight excluding hydrogens is 420 g/mol. The number of aromatic nitrogens is 2. The van der Waals surface area contributed by atoms with Crippen molar-refractivity contribution in [3.8, 4) is 29.0 Å². The molecule has 1 unspecified atom stereocenters. The molecule has 158 valence electrons. The van der Waals surface area contributed by atoms with Crippen molar-refractivity contribution in [1.29, 1.82) is 10.5 Å². The lowest BCUT2D eigenvalue weighted by Gasteiger charge is -2.32. The van der Waals surface area contributed by atoms with Crippen LogP contribution >= 0.6 is 0 Å². The van der Waals surface area contributed by atoms with Gasteiger partial charge in [0.25, 0.3) is 0 Å². The van der Waals surface area contributed by atoms with E-state index < -0.39 is 0 Å². The summed E-state index contributed by atoms with van der Waals surface area (Å²) in [6, 6.07) is 32.3. The Bertz CT molecular complexity index is 1730. The van der Waals surface area contributed by atoms with Crippen molar-refractivity contribution < 1.29 is 0 Å². The van der Waals surface area contributed by atoms with Gasteiger partial charge in [0.1, 0.15) is 0 Å². The minimum absolute atomic E-state index is 0.295. The molecule has 34 heavy (non-hydrogen) atoms. The Morgan fingerprint density at radius 2 is 1.41 bits per heavy atom. The van der Waals surface area contributed by atoms with Crippen molar-refractivity contribution in [1.82, 2.24) is 9.55 Å². The summed E-state index contributed by atoms with van der Waals surface area (Å²) in [6.07, 6.45) is -0.295. The molecule has 3 heterocycles. The highest BCUT2D eigenvalue weighted by Gasteiger charge is 2.38. The first-order valence-electron chi connectivity index (χ1n) is 11.0. The lowest BCUT2D eigenvalue weighted by molar-refractivity contribution is 0.737. The Morgan fingerprint density at radius 3 is 2.21 bits per heavy atom. The SMILES string of the molecule is N#Cc1ccc2c(c1)N1c3ccccc3NC1c1nc3ccccc3n1-c1cc(C#N)ccc1-2. The number of nitrogens with one attached hydrogen (secondary N) is 1. The van der Waals surface area contributed by atoms with Gasteiger partial charge in [-0.2, -0.15) is 10.5 Å². The summed E-state index contributed by atoms with van der Waals surface area (Å²) >= 11 is 0. The normalized spacial score (nSPS) is 14.9. The van der Waals surface area contributed by atoms with E-state index in [0.29, 0.717) is 11.1 Å². The van der Waals surface area contributed by atoms with E-state index in [1.54, 1.807) is 0 Å². The monoisotopic (exact) mass is 436 g/mol. The molecule has 0 fully saturated rings. The lowest BCUT2D eigenvalue weighted by atomic mass is 9.96. The van der Waals surface area contributed by atoms with Crippen LogP contribution in [-0.4, -0.2) is 9.55 Å². The quantitative estimate of drug-likeness (QED) is 0.321. The number of imidazole rings is 1. The predicted molar refractivity (Wildman–Crippen MR) is 131 cm³/mol. The minimum atomic E-state index is -0.295. The van der Waals surface area contributed by atoms with E-state index in [0.717, 1.165) is 50.7 Å². The van der Waals surface area contributed by atoms with Gasteiger partial charge >= 0.3 is 0 Å². The van der Waals surface area contributed by atoms with Gasteiger partial charge in [0.15, 0.2) is 12.0 Å². The molecule has 4 aromatic carbocycles. The maximum absolute atomic E-state index is 9.68. The summed E-state index contributed by atoms with van der Waals surface area (Å²) in [4.78, 5) is 7.29. The van der Waals surface area contributed by atoms with Crippen molar-refractivity contribution in [2.24, 2.45) is 0 Å². The maximum atomic E-state index is 9.68. The smallest absolute Gasteiger partial charge is 0.164 e. The van der Waals surface area contributed by atoms with E-state index in [1.165, 1.54) is 0 Å². The number of rotatable bonds is 0. The van der Waals surface area contributed by atoms with Crippen molar-refractivity contribution in [2.75, 3.05) is 10.2 Å². The van der Waals surface area contributed by atoms with Crippen LogP contribution in [0.5, 0.6) is 0 Å². The number of hydrogen-bond acceptors (Lipinski definition) is 5. The zero-order valence-corrected chi connectivity index (χ0v) is 17.9. The fourth-order valence-electron chi connectivity index (χ4n) is 5.13. The second-order valence-corrected chi connectivity index (χ2v) is 8.42. The number of hydrogen-bond donors (Lipinski definition) is 1. The van der Waals surface area contributed by atoms with Gasteiger partial charge in [-0.05, 0) is 48.5 Å². The molecule has 6 heteroatoms. The van der Waals surface area contributed by atoms with Crippen LogP contribution in [0.2, 0.25) is 0 Å². The summed E-state index contributed by atoms with van der Waals surface area (Å²) in [7, 11) is 0. The Labute approximate surface area is 195 Å². The molecule has 0 spiro atoms. The first-order chi connectivity index (χ1) is 16.8. The molecule has 0 saturated carbocycles. The molecule has 0 radical (unpaired) electrons. The topological polar surface area (TPSA) is 80.7 Å². The van der Waals surface area contributed by atoms with Gasteiger partial charge in [0.2, 0.25) is 0 Å². The largest absolute Gasteiger partial charge is 0.357 e. The third-order valence-corrected chi connectivity index (χ3v) is 6.59. The molecule has 0 amide bonds. The maximum Gasteiger partial charge on any atom is 0.164 e. The minimum Gasteiger partial charge on any atom is -0.357 e. The van der Waals surface area contributed by atoms with Gasteiger partial charge < -0.3 is 10.2 Å². The highest BCUT2D eigenvalue weighted by atomic mass is 15.4. The van der Waals surface area contributed by atoms with Crippen LogP contribution in [0, 0.1) is 22.7 Å². The fraction of sp³-hybridized carbons (Fsp3) is 0.0357. The average molecular weight is 436 g/mol. The summed E-state index contributed by atoms with van der Waals surface area (Å²) in [5, 5.41) is 23.0.